The number of esters is 2. The number of rotatable bonds is 13. The Morgan fingerprint density at radius 1 is 0.868 bits per heavy atom. The normalized spacial score (nSPS) is 40.2. The molecule has 1 saturated carbocycles. The zero-order chi connectivity index (χ0) is 66.1. The summed E-state index contributed by atoms with van der Waals surface area (Å²) in [6.07, 6.45) is 4.86. The first-order valence-electron chi connectivity index (χ1n) is 32.1. The summed E-state index contributed by atoms with van der Waals surface area (Å²) >= 11 is 5.34. The zero-order valence-corrected chi connectivity index (χ0v) is 55.4. The van der Waals surface area contributed by atoms with E-state index in [0.29, 0.717) is 43.3 Å². The molecule has 2 aromatic rings. The van der Waals surface area contributed by atoms with Gasteiger partial charge in [-0.3, -0.25) is 9.59 Å². The van der Waals surface area contributed by atoms with Crippen LogP contribution in [0.15, 0.2) is 119 Å². The number of fused-ring (bicyclic) bond motifs is 2. The minimum Gasteiger partial charge on any atom is -0.462 e. The highest BCUT2D eigenvalue weighted by atomic mass is 35.5. The van der Waals surface area contributed by atoms with E-state index in [2.05, 4.69) is 39.8 Å². The summed E-state index contributed by atoms with van der Waals surface area (Å²) in [5.41, 5.74) is 3.48. The third-order valence-electron chi connectivity index (χ3n) is 20.2. The Labute approximate surface area is 539 Å². The van der Waals surface area contributed by atoms with Gasteiger partial charge in [-0.25, -0.2) is 0 Å². The number of aliphatic hydroxyl groups excluding tert-OH is 2. The van der Waals surface area contributed by atoms with E-state index in [1.165, 1.54) is 0 Å². The lowest BCUT2D eigenvalue weighted by Gasteiger charge is -2.48. The molecule has 2 aliphatic carbocycles. The molecule has 3 N–H and O–H groups in total. The maximum atomic E-state index is 14.3. The van der Waals surface area contributed by atoms with Crippen LogP contribution in [0, 0.1) is 47.8 Å². The standard InChI is InChI=1S/C48H72O14.C23H22ClF3O2/c1-11-25(2)43-28(5)17-18-47(62-43)23-34-20-33(61-47)16-15-27(4)42(26(3)13-12-14-32-24-55-45-40(49)29(6)19-35(46(51)58-34)48(32,45)52)59-39-22-37(54-10)44(31(8)57-39)60-38-21-36(53-9)41(50)30(7)56-38;1-14-16(10-7-11-17(14)15-8-5-4-6-9-15)13-29-21(28)20-18(22(20,2)3)12-19(24)23(25,26)27/h12-15,17-19,25-26,28,30-31,33-45,49-50,52H,11,16,20-24H2,1-10H3;4-12,18,20H,13H2,1-3H3/b13-12+,27-15+,32-14+;19-12-/t25-,26-,28-,30-,31-,33+,34-,35-,36-,37-,38-,39-,40+,41-,42-,43+,44-,45+,47+,48+;18-,20-/m01/s1. The van der Waals surface area contributed by atoms with Gasteiger partial charge in [0.15, 0.2) is 18.4 Å². The van der Waals surface area contributed by atoms with Gasteiger partial charge in [0.2, 0.25) is 0 Å². The van der Waals surface area contributed by atoms with Gasteiger partial charge in [0.25, 0.3) is 0 Å². The maximum Gasteiger partial charge on any atom is 0.426 e. The molecule has 502 valence electrons. The van der Waals surface area contributed by atoms with Crippen LogP contribution >= 0.6 is 11.6 Å². The van der Waals surface area contributed by atoms with Crippen LogP contribution in [0.2, 0.25) is 0 Å². The average Bonchev–Trinajstić information content (AvgIpc) is 1.62. The van der Waals surface area contributed by atoms with Gasteiger partial charge in [-0.15, -0.1) is 0 Å². The molecule has 91 heavy (non-hydrogen) atoms. The minimum absolute atomic E-state index is 0.0317. The number of allylic oxidation sites excluding steroid dienone is 4. The number of hydrogen-bond acceptors (Lipinski definition) is 16. The number of hydrogen-bond donors (Lipinski definition) is 3. The summed E-state index contributed by atoms with van der Waals surface area (Å²) in [6.45, 7) is 21.6. The van der Waals surface area contributed by atoms with Crippen molar-refractivity contribution in [2.75, 3.05) is 20.8 Å². The van der Waals surface area contributed by atoms with Crippen molar-refractivity contribution in [2.24, 2.45) is 40.9 Å². The first-order valence-corrected chi connectivity index (χ1v) is 32.5. The van der Waals surface area contributed by atoms with Gasteiger partial charge in [-0.1, -0.05) is 151 Å². The molecule has 2 aromatic carbocycles. The Balaban J connectivity index is 0.000000282. The van der Waals surface area contributed by atoms with Crippen molar-refractivity contribution in [2.45, 2.75) is 225 Å². The Hall–Kier alpha value is -4.58. The molecule has 6 heterocycles. The molecule has 5 fully saturated rings. The fourth-order valence-corrected chi connectivity index (χ4v) is 14.4. The van der Waals surface area contributed by atoms with Crippen LogP contribution in [-0.2, 0) is 68.3 Å². The van der Waals surface area contributed by atoms with Crippen LogP contribution in [0.1, 0.15) is 119 Å². The Morgan fingerprint density at radius 2 is 1.56 bits per heavy atom. The van der Waals surface area contributed by atoms with E-state index in [-0.39, 0.29) is 49.3 Å². The molecular weight excluding hydrogens is 1200 g/mol. The summed E-state index contributed by atoms with van der Waals surface area (Å²) in [6, 6.07) is 15.6. The smallest absolute Gasteiger partial charge is 0.426 e. The summed E-state index contributed by atoms with van der Waals surface area (Å²) in [5.74, 6) is -4.31. The van der Waals surface area contributed by atoms with E-state index in [1.54, 1.807) is 54.1 Å². The third-order valence-corrected chi connectivity index (χ3v) is 20.5. The van der Waals surface area contributed by atoms with Crippen LogP contribution < -0.4 is 0 Å². The van der Waals surface area contributed by atoms with E-state index >= 15 is 0 Å². The zero-order valence-electron chi connectivity index (χ0n) is 54.6. The van der Waals surface area contributed by atoms with Crippen LogP contribution in [0.3, 0.4) is 0 Å². The van der Waals surface area contributed by atoms with Gasteiger partial charge in [0, 0.05) is 51.7 Å². The van der Waals surface area contributed by atoms with E-state index < -0.39 is 125 Å². The van der Waals surface area contributed by atoms with Crippen molar-refractivity contribution >= 4 is 23.5 Å². The molecule has 0 unspecified atom stereocenters. The predicted octanol–water partition coefficient (Wildman–Crippen LogP) is 12.0. The van der Waals surface area contributed by atoms with E-state index in [9.17, 15) is 38.1 Å². The second-order valence-corrected chi connectivity index (χ2v) is 27.3. The SMILES string of the molecule is CC[C@H](C)[C@H]1O[C@]2(C=C[C@@H]1C)C[C@@H]1C[C@@H](C/C=C(\C)[C@@H](O[C@H]3C[C@H](OC)[C@@H](O[C@H]4C[C@H](OC)[C@@H](O)[C@H](C)O4)[C@H](C)O3)[C@@H](C)/C=C/C=C3\CO[C@@H]4[C@H](O)C(C)=C[C@@H](C(=O)O1)[C@]34O)O2.Cc1c(COC(=O)[C@H]2[C@@H](/C=C(\Cl)C(F)(F)F)C2(C)C)cccc1-c1ccccc1. The molecule has 22 atom stereocenters. The third kappa shape index (κ3) is 15.6. The van der Waals surface area contributed by atoms with Crippen LogP contribution in [0.25, 0.3) is 11.1 Å². The molecule has 8 aliphatic rings. The highest BCUT2D eigenvalue weighted by molar-refractivity contribution is 6.30. The highest BCUT2D eigenvalue weighted by Crippen LogP contribution is 2.61. The molecular formula is C71H94ClF3O16. The van der Waals surface area contributed by atoms with Gasteiger partial charge < -0.3 is 67.4 Å². The number of carbonyl (C=O) groups is 2. The molecule has 0 amide bonds. The van der Waals surface area contributed by atoms with Gasteiger partial charge >= 0.3 is 18.1 Å². The Kier molecular flexibility index (Phi) is 22.7. The van der Waals surface area contributed by atoms with Crippen molar-refractivity contribution in [3.8, 4) is 11.1 Å². The molecule has 20 heteroatoms. The lowest BCUT2D eigenvalue weighted by molar-refractivity contribution is -0.318. The van der Waals surface area contributed by atoms with Crippen molar-refractivity contribution in [1.29, 1.82) is 0 Å². The summed E-state index contributed by atoms with van der Waals surface area (Å²) in [7, 11) is 3.22. The van der Waals surface area contributed by atoms with E-state index in [4.69, 9.17) is 63.7 Å². The largest absolute Gasteiger partial charge is 0.462 e. The maximum absolute atomic E-state index is 14.3. The van der Waals surface area contributed by atoms with Crippen LogP contribution in [0.4, 0.5) is 13.2 Å². The quantitative estimate of drug-likeness (QED) is 0.126. The molecule has 0 radical (unpaired) electrons. The summed E-state index contributed by atoms with van der Waals surface area (Å²) < 4.78 is 107. The van der Waals surface area contributed by atoms with Gasteiger partial charge in [-0.05, 0) is 103 Å². The number of ether oxygens (including phenoxy) is 11. The van der Waals surface area contributed by atoms with Gasteiger partial charge in [-0.2, -0.15) is 13.2 Å². The van der Waals surface area contributed by atoms with Crippen molar-refractivity contribution in [3.05, 3.63) is 130 Å². The first kappa shape index (κ1) is 70.7. The van der Waals surface area contributed by atoms with Crippen molar-refractivity contribution < 1.29 is 90.2 Å². The first-order chi connectivity index (χ1) is 43.0. The van der Waals surface area contributed by atoms with Gasteiger partial charge in [0.05, 0.1) is 55.3 Å². The highest BCUT2D eigenvalue weighted by Gasteiger charge is 2.63. The number of halogens is 4. The fourth-order valence-electron chi connectivity index (χ4n) is 14.3. The minimum atomic E-state index is -4.61. The lowest BCUT2D eigenvalue weighted by Crippen LogP contribution is -2.58. The molecule has 4 saturated heterocycles. The number of alkyl halides is 3. The van der Waals surface area contributed by atoms with Crippen molar-refractivity contribution in [3.63, 3.8) is 0 Å². The molecule has 10 rings (SSSR count). The number of methoxy groups -OCH3 is 2. The second-order valence-electron chi connectivity index (χ2n) is 26.9. The topological polar surface area (TPSA) is 196 Å². The number of aliphatic hydroxyl groups is 3. The van der Waals surface area contributed by atoms with Crippen molar-refractivity contribution in [1.82, 2.24) is 0 Å². The van der Waals surface area contributed by atoms with Crippen LogP contribution in [0.5, 0.6) is 0 Å². The molecule has 1 spiro atoms. The summed E-state index contributed by atoms with van der Waals surface area (Å²) in [5, 5.41) is 33.0. The average molecular weight is 1300 g/mol. The number of carbonyl (C=O) groups excluding carboxylic acids is 2. The Bertz CT molecular complexity index is 3050. The molecule has 6 aliphatic heterocycles. The Morgan fingerprint density at radius 3 is 2.25 bits per heavy atom. The fraction of sp³-hybridized carbons (Fsp3) is 0.634. The monoisotopic (exact) mass is 1290 g/mol. The van der Waals surface area contributed by atoms with E-state index in [0.717, 1.165) is 40.3 Å². The van der Waals surface area contributed by atoms with Crippen LogP contribution in [-0.4, -0.2) is 151 Å². The van der Waals surface area contributed by atoms with E-state index in [1.807, 2.05) is 87.5 Å². The number of benzene rings is 2. The molecule has 2 bridgehead atoms. The predicted molar refractivity (Wildman–Crippen MR) is 334 cm³/mol. The molecule has 16 nitrogen and oxygen atoms in total. The van der Waals surface area contributed by atoms with Gasteiger partial charge in [0.1, 0.15) is 53.7 Å². The lowest BCUT2D eigenvalue weighted by atomic mass is 9.71. The second kappa shape index (κ2) is 29.2. The summed E-state index contributed by atoms with van der Waals surface area (Å²) in [4.78, 5) is 26.9. The molecule has 0 aromatic heterocycles.